The molecule has 1 aliphatic rings. The van der Waals surface area contributed by atoms with Gasteiger partial charge in [0, 0.05) is 31.6 Å². The van der Waals surface area contributed by atoms with Crippen LogP contribution in [0.3, 0.4) is 0 Å². The molecule has 2 amide bonds. The monoisotopic (exact) mass is 417 g/mol. The predicted molar refractivity (Wildman–Crippen MR) is 119 cm³/mol. The van der Waals surface area contributed by atoms with Crippen LogP contribution >= 0.6 is 0 Å². The number of allylic oxidation sites excluding steroid dienone is 1. The lowest BCUT2D eigenvalue weighted by atomic mass is 9.69. The van der Waals surface area contributed by atoms with Crippen LogP contribution in [0.1, 0.15) is 44.0 Å². The van der Waals surface area contributed by atoms with Crippen LogP contribution in [0.2, 0.25) is 0 Å². The summed E-state index contributed by atoms with van der Waals surface area (Å²) >= 11 is 0. The summed E-state index contributed by atoms with van der Waals surface area (Å²) in [5, 5.41) is 5.97. The average molecular weight is 418 g/mol. The molecule has 0 spiro atoms. The standard InChI is InChI=1S/C24H36FN3O2/c1-16(2)22-13-19(14-23(29)26-9-10-28(4)5)17(3)11-20(22)15-27-24(30)18-7-6-8-21(25)12-18/h6-8,11-12,16,19-20,22H,9-10,13-15H2,1-5H3,(H,26,29)(H,27,30)/t19-,20-,22-/m0/s1. The average Bonchev–Trinajstić information content (AvgIpc) is 2.67. The molecular weight excluding hydrogens is 381 g/mol. The van der Waals surface area contributed by atoms with E-state index in [-0.39, 0.29) is 23.7 Å². The quantitative estimate of drug-likeness (QED) is 0.605. The van der Waals surface area contributed by atoms with Crippen LogP contribution in [0, 0.1) is 29.5 Å². The summed E-state index contributed by atoms with van der Waals surface area (Å²) in [5.74, 6) is 0.663. The van der Waals surface area contributed by atoms with Gasteiger partial charge in [0.15, 0.2) is 0 Å². The number of rotatable bonds is 9. The first-order valence-electron chi connectivity index (χ1n) is 10.8. The summed E-state index contributed by atoms with van der Waals surface area (Å²) in [4.78, 5) is 26.8. The van der Waals surface area contributed by atoms with Gasteiger partial charge in [0.05, 0.1) is 0 Å². The maximum Gasteiger partial charge on any atom is 0.251 e. The van der Waals surface area contributed by atoms with Crippen molar-refractivity contribution >= 4 is 11.8 Å². The fourth-order valence-corrected chi connectivity index (χ4v) is 4.16. The third-order valence-electron chi connectivity index (χ3n) is 5.98. The molecule has 30 heavy (non-hydrogen) atoms. The van der Waals surface area contributed by atoms with E-state index in [2.05, 4.69) is 37.5 Å². The highest BCUT2D eigenvalue weighted by Crippen LogP contribution is 2.38. The van der Waals surface area contributed by atoms with Gasteiger partial charge in [-0.3, -0.25) is 9.59 Å². The molecule has 0 bridgehead atoms. The van der Waals surface area contributed by atoms with Crippen LogP contribution in [-0.2, 0) is 4.79 Å². The number of nitrogens with zero attached hydrogens (tertiary/aromatic N) is 1. The Bertz CT molecular complexity index is 761. The van der Waals surface area contributed by atoms with E-state index in [0.29, 0.717) is 36.9 Å². The van der Waals surface area contributed by atoms with Gasteiger partial charge < -0.3 is 15.5 Å². The molecule has 0 saturated carbocycles. The van der Waals surface area contributed by atoms with Crippen LogP contribution in [0.4, 0.5) is 4.39 Å². The Morgan fingerprint density at radius 2 is 1.97 bits per heavy atom. The summed E-state index contributed by atoms with van der Waals surface area (Å²) in [6.45, 7) is 8.45. The third kappa shape index (κ3) is 7.24. The van der Waals surface area contributed by atoms with Gasteiger partial charge in [-0.25, -0.2) is 4.39 Å². The molecule has 6 heteroatoms. The Hall–Kier alpha value is -2.21. The van der Waals surface area contributed by atoms with Crippen LogP contribution in [0.25, 0.3) is 0 Å². The van der Waals surface area contributed by atoms with Crippen molar-refractivity contribution in [2.45, 2.75) is 33.6 Å². The molecule has 1 aliphatic carbocycles. The van der Waals surface area contributed by atoms with E-state index in [1.807, 2.05) is 19.0 Å². The van der Waals surface area contributed by atoms with Gasteiger partial charge in [-0.15, -0.1) is 0 Å². The number of amides is 2. The number of halogens is 1. The zero-order chi connectivity index (χ0) is 22.3. The Kier molecular flexibility index (Phi) is 9.03. The highest BCUT2D eigenvalue weighted by molar-refractivity contribution is 5.94. The zero-order valence-electron chi connectivity index (χ0n) is 18.9. The van der Waals surface area contributed by atoms with Gasteiger partial charge in [0.1, 0.15) is 5.82 Å². The number of carbonyl (C=O) groups is 2. The second-order valence-corrected chi connectivity index (χ2v) is 8.99. The second-order valence-electron chi connectivity index (χ2n) is 8.99. The highest BCUT2D eigenvalue weighted by Gasteiger charge is 2.32. The van der Waals surface area contributed by atoms with Gasteiger partial charge in [0.25, 0.3) is 5.91 Å². The van der Waals surface area contributed by atoms with E-state index >= 15 is 0 Å². The second kappa shape index (κ2) is 11.3. The van der Waals surface area contributed by atoms with Crippen molar-refractivity contribution in [1.82, 2.24) is 15.5 Å². The number of hydrogen-bond acceptors (Lipinski definition) is 3. The van der Waals surface area contributed by atoms with Crippen LogP contribution in [0.5, 0.6) is 0 Å². The first kappa shape index (κ1) is 24.1. The normalized spacial score (nSPS) is 21.5. The van der Waals surface area contributed by atoms with E-state index in [4.69, 9.17) is 0 Å². The molecule has 1 aromatic rings. The molecular formula is C24H36FN3O2. The van der Waals surface area contributed by atoms with E-state index < -0.39 is 5.82 Å². The summed E-state index contributed by atoms with van der Waals surface area (Å²) in [5.41, 5.74) is 1.54. The molecule has 2 rings (SSSR count). The fraction of sp³-hybridized carbons (Fsp3) is 0.583. The smallest absolute Gasteiger partial charge is 0.251 e. The molecule has 5 nitrogen and oxygen atoms in total. The van der Waals surface area contributed by atoms with E-state index in [1.54, 1.807) is 12.1 Å². The maximum absolute atomic E-state index is 13.4. The Labute approximate surface area is 180 Å². The topological polar surface area (TPSA) is 61.4 Å². The first-order chi connectivity index (χ1) is 14.2. The van der Waals surface area contributed by atoms with E-state index in [9.17, 15) is 14.0 Å². The molecule has 0 fully saturated rings. The Morgan fingerprint density at radius 1 is 1.23 bits per heavy atom. The lowest BCUT2D eigenvalue weighted by Gasteiger charge is -2.37. The Morgan fingerprint density at radius 3 is 2.60 bits per heavy atom. The van der Waals surface area contributed by atoms with Gasteiger partial charge in [-0.1, -0.05) is 31.6 Å². The molecule has 2 N–H and O–H groups in total. The summed E-state index contributed by atoms with van der Waals surface area (Å²) in [7, 11) is 3.97. The van der Waals surface area contributed by atoms with Gasteiger partial charge in [-0.2, -0.15) is 0 Å². The number of nitrogens with one attached hydrogen (secondary N) is 2. The molecule has 166 valence electrons. The van der Waals surface area contributed by atoms with Crippen molar-refractivity contribution in [2.24, 2.45) is 23.7 Å². The van der Waals surface area contributed by atoms with Gasteiger partial charge in [-0.05, 0) is 69.3 Å². The van der Waals surface area contributed by atoms with E-state index in [0.717, 1.165) is 13.0 Å². The van der Waals surface area contributed by atoms with Crippen molar-refractivity contribution in [2.75, 3.05) is 33.7 Å². The van der Waals surface area contributed by atoms with Crippen molar-refractivity contribution in [3.63, 3.8) is 0 Å². The minimum Gasteiger partial charge on any atom is -0.355 e. The summed E-state index contributed by atoms with van der Waals surface area (Å²) < 4.78 is 13.4. The molecule has 0 radical (unpaired) electrons. The van der Waals surface area contributed by atoms with Crippen LogP contribution < -0.4 is 10.6 Å². The largest absolute Gasteiger partial charge is 0.355 e. The molecule has 1 aromatic carbocycles. The molecule has 0 saturated heterocycles. The molecule has 0 heterocycles. The molecule has 3 atom stereocenters. The van der Waals surface area contributed by atoms with Crippen molar-refractivity contribution < 1.29 is 14.0 Å². The number of hydrogen-bond donors (Lipinski definition) is 2. The van der Waals surface area contributed by atoms with E-state index in [1.165, 1.54) is 17.7 Å². The minimum atomic E-state index is -0.414. The highest BCUT2D eigenvalue weighted by atomic mass is 19.1. The van der Waals surface area contributed by atoms with Crippen molar-refractivity contribution in [3.05, 3.63) is 47.3 Å². The number of benzene rings is 1. The Balaban J connectivity index is 1.97. The maximum atomic E-state index is 13.4. The number of carbonyl (C=O) groups excluding carboxylic acids is 2. The minimum absolute atomic E-state index is 0.0926. The van der Waals surface area contributed by atoms with Gasteiger partial charge >= 0.3 is 0 Å². The lowest BCUT2D eigenvalue weighted by Crippen LogP contribution is -2.38. The number of likely N-dealkylation sites (N-methyl/N-ethyl adjacent to an activating group) is 1. The fourth-order valence-electron chi connectivity index (χ4n) is 4.16. The van der Waals surface area contributed by atoms with Crippen LogP contribution in [-0.4, -0.2) is 50.4 Å². The molecule has 0 aromatic heterocycles. The first-order valence-corrected chi connectivity index (χ1v) is 10.8. The molecule has 0 aliphatic heterocycles. The lowest BCUT2D eigenvalue weighted by molar-refractivity contribution is -0.122. The SMILES string of the molecule is CC1=C[C@@H](CNC(=O)c2cccc(F)c2)[C@H](C(C)C)C[C@H]1CC(=O)NCCN(C)C. The zero-order valence-corrected chi connectivity index (χ0v) is 18.9. The predicted octanol–water partition coefficient (Wildman–Crippen LogP) is 3.48. The summed E-state index contributed by atoms with van der Waals surface area (Å²) in [6, 6.07) is 5.74. The summed E-state index contributed by atoms with van der Waals surface area (Å²) in [6.07, 6.45) is 3.65. The van der Waals surface area contributed by atoms with Crippen molar-refractivity contribution in [1.29, 1.82) is 0 Å². The van der Waals surface area contributed by atoms with Crippen LogP contribution in [0.15, 0.2) is 35.9 Å². The van der Waals surface area contributed by atoms with Gasteiger partial charge in [0.2, 0.25) is 5.91 Å². The van der Waals surface area contributed by atoms with Crippen molar-refractivity contribution in [3.8, 4) is 0 Å². The third-order valence-corrected chi connectivity index (χ3v) is 5.98. The molecule has 0 unspecified atom stereocenters.